The van der Waals surface area contributed by atoms with Crippen LogP contribution in [0.25, 0.3) is 11.4 Å². The molecule has 4 aromatic carbocycles. The number of aromatic amines is 2. The third-order valence-electron chi connectivity index (χ3n) is 8.27. The first kappa shape index (κ1) is 45.9. The van der Waals surface area contributed by atoms with Crippen LogP contribution >= 0.6 is 57.1 Å². The van der Waals surface area contributed by atoms with Crippen LogP contribution in [0.5, 0.6) is 11.5 Å². The Morgan fingerprint density at radius 3 is 1.40 bits per heavy atom. The molecule has 0 amide bonds. The molecule has 0 bridgehead atoms. The van der Waals surface area contributed by atoms with Crippen LogP contribution in [-0.2, 0) is 21.9 Å². The smallest absolute Gasteiger partial charge is 0.349 e. The topological polar surface area (TPSA) is 188 Å². The third kappa shape index (κ3) is 10.6. The number of halogens is 9. The van der Waals surface area contributed by atoms with Gasteiger partial charge in [-0.1, -0.05) is 64.6 Å². The Morgan fingerprint density at radius 2 is 1.03 bits per heavy atom. The average Bonchev–Trinajstić information content (AvgIpc) is 3.17. The highest BCUT2D eigenvalue weighted by molar-refractivity contribution is 8.13. The summed E-state index contributed by atoms with van der Waals surface area (Å²) >= 11 is 25.2. The summed E-state index contributed by atoms with van der Waals surface area (Å²) in [6, 6.07) is 16.8. The van der Waals surface area contributed by atoms with Gasteiger partial charge in [-0.2, -0.15) is 19.6 Å². The summed E-state index contributed by atoms with van der Waals surface area (Å²) in [5.74, 6) is 0.754. The van der Waals surface area contributed by atoms with Gasteiger partial charge in [0.25, 0.3) is 33.0 Å². The summed E-state index contributed by atoms with van der Waals surface area (Å²) in [6.07, 6.45) is -5.88. The van der Waals surface area contributed by atoms with Gasteiger partial charge >= 0.3 is 11.4 Å². The van der Waals surface area contributed by atoms with Crippen molar-refractivity contribution in [3.05, 3.63) is 162 Å². The minimum atomic E-state index is -4.10. The van der Waals surface area contributed by atoms with Crippen LogP contribution in [0.15, 0.2) is 90.8 Å². The van der Waals surface area contributed by atoms with Crippen molar-refractivity contribution >= 4 is 66.1 Å². The molecule has 24 heteroatoms. The molecule has 2 N–H and O–H groups in total. The molecule has 2 heterocycles. The van der Waals surface area contributed by atoms with Crippen LogP contribution in [-0.4, -0.2) is 52.2 Å². The molecule has 0 aliphatic heterocycles. The Labute approximate surface area is 359 Å². The van der Waals surface area contributed by atoms with Crippen molar-refractivity contribution < 1.29 is 35.5 Å². The van der Waals surface area contributed by atoms with Gasteiger partial charge in [0, 0.05) is 43.6 Å². The molecule has 14 nitrogen and oxygen atoms in total. The Hall–Kier alpha value is -5.18. The van der Waals surface area contributed by atoms with Gasteiger partial charge in [0.05, 0.1) is 25.6 Å². The highest BCUT2D eigenvalue weighted by Gasteiger charge is 2.22. The second-order valence-corrected chi connectivity index (χ2v) is 16.3. The van der Waals surface area contributed by atoms with Gasteiger partial charge in [0.2, 0.25) is 0 Å². The zero-order chi connectivity index (χ0) is 44.2. The largest absolute Gasteiger partial charge is 0.497 e. The fourth-order valence-corrected chi connectivity index (χ4v) is 7.66. The molecule has 0 saturated carbocycles. The van der Waals surface area contributed by atoms with Gasteiger partial charge in [-0.3, -0.25) is 19.6 Å². The van der Waals surface area contributed by atoms with Gasteiger partial charge in [0.1, 0.15) is 16.4 Å². The molecule has 0 unspecified atom stereocenters. The Bertz CT molecular complexity index is 2900. The van der Waals surface area contributed by atoms with E-state index in [4.69, 9.17) is 66.6 Å². The first-order chi connectivity index (χ1) is 28.2. The van der Waals surface area contributed by atoms with E-state index in [9.17, 15) is 45.2 Å². The summed E-state index contributed by atoms with van der Waals surface area (Å²) in [5, 5.41) is 7.35. The van der Waals surface area contributed by atoms with Gasteiger partial charge in [-0.25, -0.2) is 35.6 Å². The van der Waals surface area contributed by atoms with Crippen LogP contribution in [0.1, 0.15) is 46.5 Å². The SMILES string of the molecule is COc1ccc(Cc2c(Cl)cc(-n3nc(C(F)F)c(=O)[nH]c3=O)cc2Cl)cc1.COc1ccc(Cc2c(Cl)cc(-n3nc(C(F)F)c(=O)[nH]c3=O)cc2Cl)cc1S(=O)(=O)Cl. The maximum atomic E-state index is 13.0. The normalized spacial score (nSPS) is 11.4. The van der Waals surface area contributed by atoms with Gasteiger partial charge < -0.3 is 9.47 Å². The average molecular weight is 955 g/mol. The van der Waals surface area contributed by atoms with Crippen molar-refractivity contribution in [2.75, 3.05) is 14.2 Å². The lowest BCUT2D eigenvalue weighted by Crippen LogP contribution is -2.34. The van der Waals surface area contributed by atoms with E-state index in [0.717, 1.165) is 5.56 Å². The highest BCUT2D eigenvalue weighted by atomic mass is 35.7. The van der Waals surface area contributed by atoms with Crippen molar-refractivity contribution in [2.24, 2.45) is 0 Å². The molecule has 6 aromatic rings. The molecular weight excluding hydrogens is 930 g/mol. The summed E-state index contributed by atoms with van der Waals surface area (Å²) < 4.78 is 86.7. The van der Waals surface area contributed by atoms with E-state index in [1.165, 1.54) is 43.5 Å². The standard InChI is InChI=1S/C18H12Cl3F2N3O5S.C18H13Cl2F2N3O3/c1-31-13-3-2-8(5-14(13)32(21,29)30)4-10-11(19)6-9(7-12(10)20)26-18(28)24-17(27)15(25-26)16(22)23;1-28-11-4-2-9(3-5-11)6-12-13(19)7-10(8-14(12)20)25-18(27)23-17(26)15(24-25)16(21)22/h2-3,5-7,16H,4H2,1H3,(H,24,27,28);2-5,7-8,16H,6H2,1H3,(H,23,26,27). The number of alkyl halides is 4. The Balaban J connectivity index is 0.000000230. The summed E-state index contributed by atoms with van der Waals surface area (Å²) in [4.78, 5) is 50.2. The molecule has 0 radical (unpaired) electrons. The first-order valence-corrected chi connectivity index (χ1v) is 20.3. The molecule has 0 fully saturated rings. The zero-order valence-electron chi connectivity index (χ0n) is 30.3. The van der Waals surface area contributed by atoms with Gasteiger partial charge in [-0.15, -0.1) is 0 Å². The second-order valence-electron chi connectivity index (χ2n) is 12.1. The van der Waals surface area contributed by atoms with E-state index in [2.05, 4.69) is 10.2 Å². The Kier molecular flexibility index (Phi) is 14.6. The second kappa shape index (κ2) is 19.0. The van der Waals surface area contributed by atoms with E-state index in [1.54, 1.807) is 35.3 Å². The maximum Gasteiger partial charge on any atom is 0.349 e. The predicted octanol–water partition coefficient (Wildman–Crippen LogP) is 7.46. The van der Waals surface area contributed by atoms with Crippen molar-refractivity contribution in [1.82, 2.24) is 29.5 Å². The van der Waals surface area contributed by atoms with E-state index >= 15 is 0 Å². The number of nitrogens with zero attached hydrogens (tertiary/aromatic N) is 4. The lowest BCUT2D eigenvalue weighted by molar-refractivity contribution is 0.141. The fraction of sp³-hybridized carbons (Fsp3) is 0.167. The van der Waals surface area contributed by atoms with Crippen LogP contribution in [0.3, 0.4) is 0 Å². The van der Waals surface area contributed by atoms with Crippen LogP contribution in [0, 0.1) is 0 Å². The van der Waals surface area contributed by atoms with E-state index < -0.39 is 55.8 Å². The zero-order valence-corrected chi connectivity index (χ0v) is 34.9. The third-order valence-corrected chi connectivity index (χ3v) is 11.0. The van der Waals surface area contributed by atoms with Crippen molar-refractivity contribution in [2.45, 2.75) is 30.6 Å². The molecule has 2 aromatic heterocycles. The molecule has 316 valence electrons. The molecular formula is C36H25Cl5F4N6O8S. The number of ether oxygens (including phenoxy) is 2. The van der Waals surface area contributed by atoms with Crippen molar-refractivity contribution in [1.29, 1.82) is 0 Å². The number of rotatable bonds is 11. The lowest BCUT2D eigenvalue weighted by Gasteiger charge is -2.13. The fourth-order valence-electron chi connectivity index (χ4n) is 5.40. The van der Waals surface area contributed by atoms with E-state index in [1.807, 2.05) is 12.1 Å². The molecule has 0 aliphatic rings. The van der Waals surface area contributed by atoms with Crippen LogP contribution in [0.4, 0.5) is 17.6 Å². The van der Waals surface area contributed by atoms with Gasteiger partial charge in [-0.05, 0) is 70.8 Å². The maximum absolute atomic E-state index is 13.0. The molecule has 60 heavy (non-hydrogen) atoms. The number of hydrogen-bond donors (Lipinski definition) is 2. The molecule has 0 saturated heterocycles. The highest BCUT2D eigenvalue weighted by Crippen LogP contribution is 2.34. The van der Waals surface area contributed by atoms with Crippen LogP contribution in [0.2, 0.25) is 20.1 Å². The van der Waals surface area contributed by atoms with E-state index in [0.29, 0.717) is 38.2 Å². The number of aromatic nitrogens is 6. The Morgan fingerprint density at radius 1 is 0.633 bits per heavy atom. The van der Waals surface area contributed by atoms with E-state index in [-0.39, 0.29) is 48.5 Å². The number of benzene rings is 4. The van der Waals surface area contributed by atoms with Crippen molar-refractivity contribution in [3.63, 3.8) is 0 Å². The molecule has 6 rings (SSSR count). The number of methoxy groups -OCH3 is 2. The summed E-state index contributed by atoms with van der Waals surface area (Å²) in [5.41, 5.74) is -4.50. The summed E-state index contributed by atoms with van der Waals surface area (Å²) in [6.45, 7) is 0. The predicted molar refractivity (Wildman–Crippen MR) is 216 cm³/mol. The number of hydrogen-bond acceptors (Lipinski definition) is 10. The van der Waals surface area contributed by atoms with Gasteiger partial charge in [0.15, 0.2) is 11.4 Å². The minimum Gasteiger partial charge on any atom is -0.497 e. The quantitative estimate of drug-likeness (QED) is 0.0975. The summed E-state index contributed by atoms with van der Waals surface area (Å²) in [7, 11) is 4.21. The number of nitrogens with one attached hydrogen (secondary N) is 2. The minimum absolute atomic E-state index is 0.0390. The monoisotopic (exact) mass is 952 g/mol. The lowest BCUT2D eigenvalue weighted by atomic mass is 10.0. The molecule has 0 atom stereocenters. The number of H-pyrrole nitrogens is 2. The van der Waals surface area contributed by atoms with Crippen LogP contribution < -0.4 is 32.0 Å². The first-order valence-electron chi connectivity index (χ1n) is 16.5. The molecule has 0 spiro atoms. The van der Waals surface area contributed by atoms with Crippen molar-refractivity contribution in [3.8, 4) is 22.9 Å². The molecule has 0 aliphatic carbocycles.